The van der Waals surface area contributed by atoms with Crippen LogP contribution in [0.15, 0.2) is 49.3 Å². The van der Waals surface area contributed by atoms with Gasteiger partial charge in [-0.2, -0.15) is 13.9 Å². The summed E-state index contributed by atoms with van der Waals surface area (Å²) in [6, 6.07) is 5.01. The molecule has 0 spiro atoms. The number of rotatable bonds is 6. The molecule has 0 atom stereocenters. The molecule has 146 valence electrons. The van der Waals surface area contributed by atoms with Crippen LogP contribution >= 0.6 is 0 Å². The number of alkyl halides is 2. The second-order valence-electron chi connectivity index (χ2n) is 6.00. The zero-order valence-electron chi connectivity index (χ0n) is 14.7. The van der Waals surface area contributed by atoms with E-state index in [2.05, 4.69) is 22.0 Å². The molecule has 0 saturated heterocycles. The molecule has 1 N–H and O–H groups in total. The summed E-state index contributed by atoms with van der Waals surface area (Å²) in [7, 11) is 1.42. The second kappa shape index (κ2) is 7.41. The minimum Gasteiger partial charge on any atom is -0.381 e. The van der Waals surface area contributed by atoms with E-state index in [1.54, 1.807) is 0 Å². The SMILES string of the molecule is C=CC(F)(F)c1cc(-c2ccc(NCc3c(F)cncc3F)cc2F)n(C)n1. The molecule has 0 aliphatic carbocycles. The molecule has 0 fully saturated rings. The Morgan fingerprint density at radius 1 is 1.11 bits per heavy atom. The van der Waals surface area contributed by atoms with Crippen LogP contribution in [0, 0.1) is 17.5 Å². The first-order valence-corrected chi connectivity index (χ1v) is 8.10. The van der Waals surface area contributed by atoms with Gasteiger partial charge in [-0.3, -0.25) is 9.67 Å². The number of hydrogen-bond donors (Lipinski definition) is 1. The van der Waals surface area contributed by atoms with Gasteiger partial charge in [-0.25, -0.2) is 13.2 Å². The van der Waals surface area contributed by atoms with Crippen molar-refractivity contribution in [3.8, 4) is 11.3 Å². The van der Waals surface area contributed by atoms with Crippen molar-refractivity contribution in [2.45, 2.75) is 12.5 Å². The summed E-state index contributed by atoms with van der Waals surface area (Å²) in [5.74, 6) is -5.70. The van der Waals surface area contributed by atoms with Gasteiger partial charge in [-0.1, -0.05) is 6.58 Å². The number of pyridine rings is 1. The van der Waals surface area contributed by atoms with E-state index >= 15 is 0 Å². The summed E-state index contributed by atoms with van der Waals surface area (Å²) < 4.78 is 70.3. The molecule has 3 aromatic rings. The normalized spacial score (nSPS) is 11.5. The maximum atomic E-state index is 14.5. The van der Waals surface area contributed by atoms with E-state index < -0.39 is 29.1 Å². The number of nitrogens with one attached hydrogen (secondary N) is 1. The average molecular weight is 394 g/mol. The molecule has 2 aromatic heterocycles. The Labute approximate surface area is 157 Å². The number of aromatic nitrogens is 3. The molecule has 0 saturated carbocycles. The molecule has 28 heavy (non-hydrogen) atoms. The maximum Gasteiger partial charge on any atom is 0.309 e. The lowest BCUT2D eigenvalue weighted by atomic mass is 10.1. The molecular formula is C19H15F5N4. The van der Waals surface area contributed by atoms with Crippen LogP contribution in [-0.2, 0) is 19.5 Å². The van der Waals surface area contributed by atoms with Gasteiger partial charge in [0.25, 0.3) is 0 Å². The number of hydrogen-bond acceptors (Lipinski definition) is 3. The van der Waals surface area contributed by atoms with Gasteiger partial charge < -0.3 is 5.32 Å². The topological polar surface area (TPSA) is 42.7 Å². The zero-order chi connectivity index (χ0) is 20.5. The van der Waals surface area contributed by atoms with Crippen LogP contribution in [0.4, 0.5) is 27.6 Å². The van der Waals surface area contributed by atoms with Crippen molar-refractivity contribution in [1.82, 2.24) is 14.8 Å². The van der Waals surface area contributed by atoms with Crippen LogP contribution in [0.5, 0.6) is 0 Å². The van der Waals surface area contributed by atoms with Crippen molar-refractivity contribution in [2.24, 2.45) is 7.05 Å². The van der Waals surface area contributed by atoms with Gasteiger partial charge >= 0.3 is 5.92 Å². The van der Waals surface area contributed by atoms with Gasteiger partial charge in [0.05, 0.1) is 18.1 Å². The van der Waals surface area contributed by atoms with Crippen molar-refractivity contribution >= 4 is 5.69 Å². The number of halogens is 5. The number of anilines is 1. The van der Waals surface area contributed by atoms with Crippen LogP contribution in [-0.4, -0.2) is 14.8 Å². The molecule has 0 unspecified atom stereocenters. The van der Waals surface area contributed by atoms with Gasteiger partial charge in [0.2, 0.25) is 0 Å². The molecule has 2 heterocycles. The molecule has 9 heteroatoms. The predicted molar refractivity (Wildman–Crippen MR) is 94.2 cm³/mol. The first-order valence-electron chi connectivity index (χ1n) is 8.10. The number of nitrogens with zero attached hydrogens (tertiary/aromatic N) is 3. The van der Waals surface area contributed by atoms with E-state index in [1.165, 1.54) is 19.2 Å². The fraction of sp³-hybridized carbons (Fsp3) is 0.158. The standard InChI is InChI=1S/C19H15F5N4/c1-3-19(23,24)18-7-17(28(2)27-18)12-5-4-11(6-14(12)20)26-8-13-15(21)9-25-10-16(13)22/h3-7,9-10,26H,1,8H2,2H3. The monoisotopic (exact) mass is 394 g/mol. The summed E-state index contributed by atoms with van der Waals surface area (Å²) in [4.78, 5) is 3.39. The molecule has 0 radical (unpaired) electrons. The smallest absolute Gasteiger partial charge is 0.309 e. The minimum atomic E-state index is -3.34. The number of aryl methyl sites for hydroxylation is 1. The largest absolute Gasteiger partial charge is 0.381 e. The Bertz CT molecular complexity index is 1010. The van der Waals surface area contributed by atoms with E-state index in [4.69, 9.17) is 0 Å². The highest BCUT2D eigenvalue weighted by atomic mass is 19.3. The van der Waals surface area contributed by atoms with Crippen molar-refractivity contribution in [3.63, 3.8) is 0 Å². The Hall–Kier alpha value is -3.23. The first-order chi connectivity index (χ1) is 13.2. The lowest BCUT2D eigenvalue weighted by Crippen LogP contribution is -2.10. The maximum absolute atomic E-state index is 14.5. The Kier molecular flexibility index (Phi) is 5.17. The molecule has 0 aliphatic rings. The summed E-state index contributed by atoms with van der Waals surface area (Å²) >= 11 is 0. The van der Waals surface area contributed by atoms with Gasteiger partial charge in [0, 0.05) is 30.4 Å². The van der Waals surface area contributed by atoms with Gasteiger partial charge in [-0.05, 0) is 30.3 Å². The van der Waals surface area contributed by atoms with Crippen LogP contribution < -0.4 is 5.32 Å². The number of benzene rings is 1. The van der Waals surface area contributed by atoms with E-state index in [0.717, 1.165) is 29.2 Å². The summed E-state index contributed by atoms with van der Waals surface area (Å²) in [5, 5.41) is 6.42. The molecule has 1 aromatic carbocycles. The first kappa shape index (κ1) is 19.5. The molecule has 0 amide bonds. The van der Waals surface area contributed by atoms with E-state index in [0.29, 0.717) is 6.08 Å². The van der Waals surface area contributed by atoms with Crippen molar-refractivity contribution in [1.29, 1.82) is 0 Å². The van der Waals surface area contributed by atoms with Crippen LogP contribution in [0.3, 0.4) is 0 Å². The third kappa shape index (κ3) is 3.73. The van der Waals surface area contributed by atoms with Crippen LogP contribution in [0.1, 0.15) is 11.3 Å². The molecule has 3 rings (SSSR count). The third-order valence-corrected chi connectivity index (χ3v) is 4.14. The van der Waals surface area contributed by atoms with E-state index in [-0.39, 0.29) is 29.1 Å². The highest BCUT2D eigenvalue weighted by Gasteiger charge is 2.31. The minimum absolute atomic E-state index is 0.0490. The van der Waals surface area contributed by atoms with Gasteiger partial charge in [0.1, 0.15) is 23.1 Å². The fourth-order valence-electron chi connectivity index (χ4n) is 2.62. The summed E-state index contributed by atoms with van der Waals surface area (Å²) in [6.45, 7) is 2.85. The Morgan fingerprint density at radius 3 is 2.39 bits per heavy atom. The summed E-state index contributed by atoms with van der Waals surface area (Å²) in [5.41, 5.74) is -0.330. The zero-order valence-corrected chi connectivity index (χ0v) is 14.7. The fourth-order valence-corrected chi connectivity index (χ4v) is 2.62. The van der Waals surface area contributed by atoms with Gasteiger partial charge in [0.15, 0.2) is 0 Å². The third-order valence-electron chi connectivity index (χ3n) is 4.14. The van der Waals surface area contributed by atoms with E-state index in [1.807, 2.05) is 0 Å². The second-order valence-corrected chi connectivity index (χ2v) is 6.00. The molecular weight excluding hydrogens is 379 g/mol. The molecule has 0 bridgehead atoms. The van der Waals surface area contributed by atoms with Crippen molar-refractivity contribution < 1.29 is 22.0 Å². The lowest BCUT2D eigenvalue weighted by Gasteiger charge is -2.10. The average Bonchev–Trinajstić information content (AvgIpc) is 3.04. The van der Waals surface area contributed by atoms with Crippen molar-refractivity contribution in [3.05, 3.63) is 78.0 Å². The number of allylic oxidation sites excluding steroid dienone is 1. The van der Waals surface area contributed by atoms with Crippen LogP contribution in [0.25, 0.3) is 11.3 Å². The quantitative estimate of drug-likeness (QED) is 0.483. The molecule has 0 aliphatic heterocycles. The lowest BCUT2D eigenvalue weighted by molar-refractivity contribution is 0.0470. The highest BCUT2D eigenvalue weighted by Crippen LogP contribution is 2.32. The van der Waals surface area contributed by atoms with Crippen LogP contribution in [0.2, 0.25) is 0 Å². The predicted octanol–water partition coefficient (Wildman–Crippen LogP) is 4.79. The summed E-state index contributed by atoms with van der Waals surface area (Å²) in [6.07, 6.45) is 2.21. The Balaban J connectivity index is 1.84. The van der Waals surface area contributed by atoms with E-state index in [9.17, 15) is 22.0 Å². The molecule has 4 nitrogen and oxygen atoms in total. The Morgan fingerprint density at radius 2 is 1.79 bits per heavy atom. The van der Waals surface area contributed by atoms with Crippen molar-refractivity contribution in [2.75, 3.05) is 5.32 Å². The highest BCUT2D eigenvalue weighted by molar-refractivity contribution is 5.64. The van der Waals surface area contributed by atoms with Gasteiger partial charge in [-0.15, -0.1) is 0 Å².